The van der Waals surface area contributed by atoms with Crippen LogP contribution in [0.1, 0.15) is 50.5 Å². The Hall–Kier alpha value is -1.48. The number of hydrogen-bond acceptors (Lipinski definition) is 3. The molecule has 2 atom stereocenters. The lowest BCUT2D eigenvalue weighted by Crippen LogP contribution is -2.31. The molecule has 0 fully saturated rings. The van der Waals surface area contributed by atoms with Gasteiger partial charge < -0.3 is 5.11 Å². The van der Waals surface area contributed by atoms with Gasteiger partial charge in [-0.05, 0) is 24.0 Å². The smallest absolute Gasteiger partial charge is 0.165 e. The van der Waals surface area contributed by atoms with Crippen LogP contribution >= 0.6 is 0 Å². The van der Waals surface area contributed by atoms with E-state index in [0.29, 0.717) is 12.0 Å². The van der Waals surface area contributed by atoms with Crippen LogP contribution in [-0.2, 0) is 11.2 Å². The van der Waals surface area contributed by atoms with Gasteiger partial charge in [0.2, 0.25) is 0 Å². The molecule has 1 aromatic carbocycles. The zero-order chi connectivity index (χ0) is 16.2. The van der Waals surface area contributed by atoms with Crippen LogP contribution in [0.2, 0.25) is 0 Å². The highest BCUT2D eigenvalue weighted by atomic mass is 16.3. The summed E-state index contributed by atoms with van der Waals surface area (Å²) in [4.78, 5) is 24.1. The molecule has 2 unspecified atom stereocenters. The molecule has 0 heterocycles. The van der Waals surface area contributed by atoms with E-state index in [1.54, 1.807) is 6.07 Å². The van der Waals surface area contributed by atoms with E-state index in [9.17, 15) is 14.7 Å². The van der Waals surface area contributed by atoms with Gasteiger partial charge in [0.05, 0.1) is 0 Å². The highest BCUT2D eigenvalue weighted by Gasteiger charge is 2.24. The lowest BCUT2D eigenvalue weighted by atomic mass is 9.89. The number of aliphatic hydroxyl groups excluding tert-OH is 1. The number of Topliss-reactive ketones (excluding diaryl/α,β-unsaturated/α-hetero) is 2. The Kier molecular flexibility index (Phi) is 6.28. The second-order valence-corrected chi connectivity index (χ2v) is 6.42. The standard InChI is InChI=1S/C18H26O3/c1-11(2)16(19)15-8-6-7-14(10-15)9-13(5)18(21)17(20)12(3)4/h6-8,10-13,17,20H,9H2,1-5H3. The third-order valence-corrected chi connectivity index (χ3v) is 3.69. The van der Waals surface area contributed by atoms with Gasteiger partial charge in [-0.25, -0.2) is 0 Å². The van der Waals surface area contributed by atoms with E-state index in [4.69, 9.17) is 0 Å². The van der Waals surface area contributed by atoms with Crippen LogP contribution in [0.25, 0.3) is 0 Å². The molecule has 0 aromatic heterocycles. The van der Waals surface area contributed by atoms with E-state index < -0.39 is 6.10 Å². The van der Waals surface area contributed by atoms with E-state index in [-0.39, 0.29) is 29.3 Å². The van der Waals surface area contributed by atoms with Crippen LogP contribution in [0.15, 0.2) is 24.3 Å². The lowest BCUT2D eigenvalue weighted by molar-refractivity contribution is -0.132. The fraction of sp³-hybridized carbons (Fsp3) is 0.556. The van der Waals surface area contributed by atoms with Crippen LogP contribution in [0.5, 0.6) is 0 Å². The number of benzene rings is 1. The van der Waals surface area contributed by atoms with E-state index >= 15 is 0 Å². The van der Waals surface area contributed by atoms with Crippen molar-refractivity contribution in [2.24, 2.45) is 17.8 Å². The van der Waals surface area contributed by atoms with Crippen molar-refractivity contribution in [1.29, 1.82) is 0 Å². The third kappa shape index (κ3) is 4.78. The summed E-state index contributed by atoms with van der Waals surface area (Å²) in [6.45, 7) is 9.24. The zero-order valence-electron chi connectivity index (χ0n) is 13.6. The minimum atomic E-state index is -0.916. The van der Waals surface area contributed by atoms with E-state index in [1.165, 1.54) is 0 Å². The maximum atomic E-state index is 12.1. The van der Waals surface area contributed by atoms with Crippen LogP contribution in [0.4, 0.5) is 0 Å². The molecule has 0 saturated heterocycles. The molecule has 1 rings (SSSR count). The first-order chi connectivity index (χ1) is 9.73. The molecule has 1 N–H and O–H groups in total. The second kappa shape index (κ2) is 7.51. The SMILES string of the molecule is CC(C)C(=O)c1cccc(CC(C)C(=O)C(O)C(C)C)c1. The summed E-state index contributed by atoms with van der Waals surface area (Å²) in [5.41, 5.74) is 1.64. The number of aliphatic hydroxyl groups is 1. The van der Waals surface area contributed by atoms with E-state index in [1.807, 2.05) is 52.8 Å². The summed E-state index contributed by atoms with van der Waals surface area (Å²) < 4.78 is 0. The highest BCUT2D eigenvalue weighted by Crippen LogP contribution is 2.17. The fourth-order valence-corrected chi connectivity index (χ4v) is 2.26. The predicted octanol–water partition coefficient (Wildman–Crippen LogP) is 3.29. The maximum Gasteiger partial charge on any atom is 0.165 e. The van der Waals surface area contributed by atoms with Crippen LogP contribution < -0.4 is 0 Å². The van der Waals surface area contributed by atoms with Gasteiger partial charge in [0, 0.05) is 17.4 Å². The van der Waals surface area contributed by atoms with Crippen molar-refractivity contribution in [3.63, 3.8) is 0 Å². The first kappa shape index (κ1) is 17.6. The van der Waals surface area contributed by atoms with Crippen molar-refractivity contribution < 1.29 is 14.7 Å². The average molecular weight is 290 g/mol. The molecule has 0 saturated carbocycles. The van der Waals surface area contributed by atoms with Gasteiger partial charge in [0.25, 0.3) is 0 Å². The summed E-state index contributed by atoms with van der Waals surface area (Å²) in [5, 5.41) is 9.86. The van der Waals surface area contributed by atoms with Crippen molar-refractivity contribution in [3.8, 4) is 0 Å². The molecule has 0 aliphatic heterocycles. The molecule has 3 heteroatoms. The second-order valence-electron chi connectivity index (χ2n) is 6.42. The minimum absolute atomic E-state index is 0.0398. The van der Waals surface area contributed by atoms with Gasteiger partial charge in [0.15, 0.2) is 11.6 Å². The van der Waals surface area contributed by atoms with Crippen molar-refractivity contribution in [3.05, 3.63) is 35.4 Å². The number of carbonyl (C=O) groups is 2. The van der Waals surface area contributed by atoms with Gasteiger partial charge in [-0.15, -0.1) is 0 Å². The Bertz CT molecular complexity index is 503. The molecule has 21 heavy (non-hydrogen) atoms. The highest BCUT2D eigenvalue weighted by molar-refractivity contribution is 5.97. The fourth-order valence-electron chi connectivity index (χ4n) is 2.26. The first-order valence-corrected chi connectivity index (χ1v) is 7.59. The average Bonchev–Trinajstić information content (AvgIpc) is 2.44. The molecule has 0 aliphatic carbocycles. The van der Waals surface area contributed by atoms with Crippen LogP contribution in [0, 0.1) is 17.8 Å². The summed E-state index contributed by atoms with van der Waals surface area (Å²) in [6, 6.07) is 7.43. The first-order valence-electron chi connectivity index (χ1n) is 7.59. The van der Waals surface area contributed by atoms with Gasteiger partial charge in [-0.3, -0.25) is 9.59 Å². The molecule has 0 spiro atoms. The molecule has 0 bridgehead atoms. The Morgan fingerprint density at radius 2 is 1.71 bits per heavy atom. The monoisotopic (exact) mass is 290 g/mol. The zero-order valence-corrected chi connectivity index (χ0v) is 13.6. The van der Waals surface area contributed by atoms with E-state index in [2.05, 4.69) is 0 Å². The van der Waals surface area contributed by atoms with Gasteiger partial charge in [-0.2, -0.15) is 0 Å². The lowest BCUT2D eigenvalue weighted by Gasteiger charge is -2.18. The number of carbonyl (C=O) groups excluding carboxylic acids is 2. The quantitative estimate of drug-likeness (QED) is 0.784. The maximum absolute atomic E-state index is 12.1. The van der Waals surface area contributed by atoms with Gasteiger partial charge >= 0.3 is 0 Å². The topological polar surface area (TPSA) is 54.4 Å². The molecule has 0 aliphatic rings. The molecular formula is C18H26O3. The Morgan fingerprint density at radius 1 is 1.10 bits per heavy atom. The number of rotatable bonds is 7. The van der Waals surface area contributed by atoms with Crippen molar-refractivity contribution in [2.45, 2.75) is 47.1 Å². The normalized spacial score (nSPS) is 14.3. The van der Waals surface area contributed by atoms with Gasteiger partial charge in [-0.1, -0.05) is 52.8 Å². The van der Waals surface area contributed by atoms with Crippen LogP contribution in [0.3, 0.4) is 0 Å². The molecule has 0 radical (unpaired) electrons. The molecular weight excluding hydrogens is 264 g/mol. The Labute approximate surface area is 127 Å². The summed E-state index contributed by atoms with van der Waals surface area (Å²) in [7, 11) is 0. The van der Waals surface area contributed by atoms with Crippen molar-refractivity contribution in [2.75, 3.05) is 0 Å². The largest absolute Gasteiger partial charge is 0.385 e. The molecule has 1 aromatic rings. The third-order valence-electron chi connectivity index (χ3n) is 3.69. The predicted molar refractivity (Wildman–Crippen MR) is 84.3 cm³/mol. The van der Waals surface area contributed by atoms with E-state index in [0.717, 1.165) is 5.56 Å². The molecule has 3 nitrogen and oxygen atoms in total. The summed E-state index contributed by atoms with van der Waals surface area (Å²) >= 11 is 0. The minimum Gasteiger partial charge on any atom is -0.385 e. The summed E-state index contributed by atoms with van der Waals surface area (Å²) in [6.07, 6.45) is -0.373. The molecule has 0 amide bonds. The van der Waals surface area contributed by atoms with Gasteiger partial charge in [0.1, 0.15) is 6.10 Å². The van der Waals surface area contributed by atoms with Crippen LogP contribution in [-0.4, -0.2) is 22.8 Å². The molecule has 116 valence electrons. The van der Waals surface area contributed by atoms with Crippen molar-refractivity contribution >= 4 is 11.6 Å². The summed E-state index contributed by atoms with van der Waals surface area (Å²) in [5.74, 6) is -0.397. The Balaban J connectivity index is 2.82. The number of hydrogen-bond donors (Lipinski definition) is 1. The Morgan fingerprint density at radius 3 is 2.24 bits per heavy atom. The number of ketones is 2. The van der Waals surface area contributed by atoms with Crippen molar-refractivity contribution in [1.82, 2.24) is 0 Å².